The first-order valence-electron chi connectivity index (χ1n) is 5.00. The van der Waals surface area contributed by atoms with Crippen LogP contribution in [-0.4, -0.2) is 17.4 Å². The number of halogens is 1. The first-order chi connectivity index (χ1) is 7.56. The molecule has 0 unspecified atom stereocenters. The van der Waals surface area contributed by atoms with E-state index in [-0.39, 0.29) is 10.6 Å². The maximum Gasteiger partial charge on any atom is 0.272 e. The Kier molecular flexibility index (Phi) is 4.55. The van der Waals surface area contributed by atoms with Crippen LogP contribution < -0.4 is 4.74 Å². The Hall–Kier alpha value is -1.29. The largest absolute Gasteiger partial charge is 0.493 e. The van der Waals surface area contributed by atoms with Gasteiger partial charge in [-0.25, -0.2) is 0 Å². The molecule has 88 valence electrons. The highest BCUT2D eigenvalue weighted by molar-refractivity contribution is 6.17. The van der Waals surface area contributed by atoms with Gasteiger partial charge in [0.25, 0.3) is 5.69 Å². The van der Waals surface area contributed by atoms with Crippen molar-refractivity contribution in [2.24, 2.45) is 0 Å². The van der Waals surface area contributed by atoms with E-state index in [0.29, 0.717) is 23.8 Å². The van der Waals surface area contributed by atoms with Crippen LogP contribution in [0.25, 0.3) is 0 Å². The van der Waals surface area contributed by atoms with E-state index in [9.17, 15) is 10.1 Å². The van der Waals surface area contributed by atoms with E-state index in [2.05, 4.69) is 0 Å². The monoisotopic (exact) mass is 243 g/mol. The van der Waals surface area contributed by atoms with Gasteiger partial charge in [0.05, 0.1) is 11.5 Å². The summed E-state index contributed by atoms with van der Waals surface area (Å²) in [6.07, 6.45) is 0.761. The van der Waals surface area contributed by atoms with Crippen LogP contribution in [0.4, 0.5) is 5.69 Å². The average Bonchev–Trinajstić information content (AvgIpc) is 2.22. The maximum absolute atomic E-state index is 10.7. The highest BCUT2D eigenvalue weighted by atomic mass is 35.5. The quantitative estimate of drug-likeness (QED) is 0.345. The Balaban J connectivity index is 2.88. The van der Waals surface area contributed by atoms with E-state index in [1.165, 1.54) is 6.07 Å². The predicted octanol–water partition coefficient (Wildman–Crippen LogP) is 3.22. The number of nitro groups is 1. The fourth-order valence-electron chi connectivity index (χ4n) is 1.36. The van der Waals surface area contributed by atoms with Crippen LogP contribution in [0.15, 0.2) is 12.1 Å². The first-order valence-corrected chi connectivity index (χ1v) is 5.54. The third-order valence-electron chi connectivity index (χ3n) is 2.23. The molecule has 0 spiro atoms. The lowest BCUT2D eigenvalue weighted by atomic mass is 10.1. The van der Waals surface area contributed by atoms with Crippen LogP contribution in [-0.2, 0) is 0 Å². The molecule has 0 aliphatic rings. The fourth-order valence-corrected chi connectivity index (χ4v) is 1.47. The van der Waals surface area contributed by atoms with Crippen molar-refractivity contribution in [3.8, 4) is 5.75 Å². The molecule has 0 bridgehead atoms. The van der Waals surface area contributed by atoms with E-state index in [0.717, 1.165) is 12.0 Å². The highest BCUT2D eigenvalue weighted by Gasteiger charge is 2.13. The smallest absolute Gasteiger partial charge is 0.272 e. The second-order valence-corrected chi connectivity index (χ2v) is 3.93. The standard InChI is InChI=1S/C11H14ClNO3/c1-8-7-11(16-5-3-4-12)9(2)6-10(8)13(14)15/h6-7H,3-5H2,1-2H3. The van der Waals surface area contributed by atoms with Crippen molar-refractivity contribution >= 4 is 17.3 Å². The molecule has 5 heteroatoms. The highest BCUT2D eigenvalue weighted by Crippen LogP contribution is 2.27. The average molecular weight is 244 g/mol. The zero-order chi connectivity index (χ0) is 12.1. The molecule has 0 fully saturated rings. The summed E-state index contributed by atoms with van der Waals surface area (Å²) in [5, 5.41) is 10.7. The number of alkyl halides is 1. The summed E-state index contributed by atoms with van der Waals surface area (Å²) >= 11 is 5.54. The predicted molar refractivity (Wildman–Crippen MR) is 63.4 cm³/mol. The number of nitro benzene ring substituents is 1. The Bertz CT molecular complexity index is 393. The summed E-state index contributed by atoms with van der Waals surface area (Å²) in [5.41, 5.74) is 1.51. The van der Waals surface area contributed by atoms with Crippen LogP contribution >= 0.6 is 11.6 Å². The molecule has 0 radical (unpaired) electrons. The normalized spacial score (nSPS) is 10.2. The van der Waals surface area contributed by atoms with Gasteiger partial charge in [-0.3, -0.25) is 10.1 Å². The lowest BCUT2D eigenvalue weighted by molar-refractivity contribution is -0.385. The zero-order valence-electron chi connectivity index (χ0n) is 9.33. The van der Waals surface area contributed by atoms with Gasteiger partial charge in [-0.1, -0.05) is 0 Å². The molecule has 0 heterocycles. The van der Waals surface area contributed by atoms with Gasteiger partial charge in [0.2, 0.25) is 0 Å². The summed E-state index contributed by atoms with van der Waals surface area (Å²) in [6.45, 7) is 4.02. The van der Waals surface area contributed by atoms with Gasteiger partial charge in [-0.2, -0.15) is 0 Å². The van der Waals surface area contributed by atoms with Gasteiger partial charge in [-0.05, 0) is 31.9 Å². The Morgan fingerprint density at radius 3 is 2.62 bits per heavy atom. The van der Waals surface area contributed by atoms with Crippen molar-refractivity contribution in [1.29, 1.82) is 0 Å². The molecule has 0 aromatic heterocycles. The third kappa shape index (κ3) is 3.10. The van der Waals surface area contributed by atoms with Crippen molar-refractivity contribution in [3.63, 3.8) is 0 Å². The first kappa shape index (κ1) is 12.8. The lowest BCUT2D eigenvalue weighted by Crippen LogP contribution is -2.01. The number of hydrogen-bond acceptors (Lipinski definition) is 3. The van der Waals surface area contributed by atoms with E-state index < -0.39 is 0 Å². The SMILES string of the molecule is Cc1cc([N+](=O)[O-])c(C)cc1OCCCCl. The number of nitrogens with zero attached hydrogens (tertiary/aromatic N) is 1. The molecule has 0 amide bonds. The molecule has 0 saturated carbocycles. The van der Waals surface area contributed by atoms with E-state index in [1.807, 2.05) is 0 Å². The Morgan fingerprint density at radius 1 is 1.38 bits per heavy atom. The topological polar surface area (TPSA) is 52.4 Å². The molecule has 1 aromatic carbocycles. The second kappa shape index (κ2) is 5.70. The van der Waals surface area contributed by atoms with Gasteiger partial charge in [0.15, 0.2) is 0 Å². The number of benzene rings is 1. The van der Waals surface area contributed by atoms with Gasteiger partial charge in [-0.15, -0.1) is 11.6 Å². The van der Waals surface area contributed by atoms with E-state index in [4.69, 9.17) is 16.3 Å². The van der Waals surface area contributed by atoms with Crippen LogP contribution in [0.5, 0.6) is 5.75 Å². The molecule has 0 N–H and O–H groups in total. The van der Waals surface area contributed by atoms with E-state index >= 15 is 0 Å². The Morgan fingerprint density at radius 2 is 2.06 bits per heavy atom. The molecular weight excluding hydrogens is 230 g/mol. The van der Waals surface area contributed by atoms with Gasteiger partial charge >= 0.3 is 0 Å². The van der Waals surface area contributed by atoms with Gasteiger partial charge < -0.3 is 4.74 Å². The molecule has 0 aliphatic heterocycles. The van der Waals surface area contributed by atoms with Crippen LogP contribution in [0, 0.1) is 24.0 Å². The summed E-state index contributed by atoms with van der Waals surface area (Å²) in [4.78, 5) is 10.3. The van der Waals surface area contributed by atoms with Crippen molar-refractivity contribution in [2.45, 2.75) is 20.3 Å². The molecule has 1 rings (SSSR count). The summed E-state index contributed by atoms with van der Waals surface area (Å²) in [7, 11) is 0. The molecule has 4 nitrogen and oxygen atoms in total. The fraction of sp³-hybridized carbons (Fsp3) is 0.455. The summed E-state index contributed by atoms with van der Waals surface area (Å²) < 4.78 is 5.49. The molecular formula is C11H14ClNO3. The number of ether oxygens (including phenoxy) is 1. The van der Waals surface area contributed by atoms with Crippen molar-refractivity contribution < 1.29 is 9.66 Å². The molecule has 0 saturated heterocycles. The molecule has 0 aliphatic carbocycles. The van der Waals surface area contributed by atoms with Crippen molar-refractivity contribution in [2.75, 3.05) is 12.5 Å². The van der Waals surface area contributed by atoms with E-state index in [1.54, 1.807) is 19.9 Å². The van der Waals surface area contributed by atoms with Crippen LogP contribution in [0.3, 0.4) is 0 Å². The molecule has 1 aromatic rings. The van der Waals surface area contributed by atoms with Gasteiger partial charge in [0, 0.05) is 17.5 Å². The molecule has 16 heavy (non-hydrogen) atoms. The zero-order valence-corrected chi connectivity index (χ0v) is 10.1. The maximum atomic E-state index is 10.7. The van der Waals surface area contributed by atoms with Gasteiger partial charge in [0.1, 0.15) is 5.75 Å². The number of hydrogen-bond donors (Lipinski definition) is 0. The van der Waals surface area contributed by atoms with Crippen LogP contribution in [0.2, 0.25) is 0 Å². The number of aryl methyl sites for hydroxylation is 2. The second-order valence-electron chi connectivity index (χ2n) is 3.55. The summed E-state index contributed by atoms with van der Waals surface area (Å²) in [5.74, 6) is 1.23. The third-order valence-corrected chi connectivity index (χ3v) is 2.49. The minimum Gasteiger partial charge on any atom is -0.493 e. The number of rotatable bonds is 5. The minimum atomic E-state index is -0.384. The van der Waals surface area contributed by atoms with Crippen LogP contribution in [0.1, 0.15) is 17.5 Å². The summed E-state index contributed by atoms with van der Waals surface area (Å²) in [6, 6.07) is 3.23. The lowest BCUT2D eigenvalue weighted by Gasteiger charge is -2.09. The Labute approximate surface area is 99.3 Å². The molecule has 0 atom stereocenters. The van der Waals surface area contributed by atoms with Crippen molar-refractivity contribution in [3.05, 3.63) is 33.4 Å². The minimum absolute atomic E-state index is 0.127. The van der Waals surface area contributed by atoms with Crippen molar-refractivity contribution in [1.82, 2.24) is 0 Å².